The van der Waals surface area contributed by atoms with Gasteiger partial charge in [-0.1, -0.05) is 0 Å². The number of hydrogen-bond acceptors (Lipinski definition) is 4. The van der Waals surface area contributed by atoms with Crippen LogP contribution in [0.25, 0.3) is 0 Å². The summed E-state index contributed by atoms with van der Waals surface area (Å²) >= 11 is 0. The lowest BCUT2D eigenvalue weighted by atomic mass is 10.2. The van der Waals surface area contributed by atoms with Crippen LogP contribution >= 0.6 is 0 Å². The van der Waals surface area contributed by atoms with Crippen LogP contribution in [0.2, 0.25) is 0 Å². The van der Waals surface area contributed by atoms with Crippen LogP contribution in [0, 0.1) is 0 Å². The fourth-order valence-corrected chi connectivity index (χ4v) is 2.52. The minimum absolute atomic E-state index is 0.180. The molecule has 1 aromatic rings. The van der Waals surface area contributed by atoms with Crippen LogP contribution in [0.5, 0.6) is 0 Å². The Morgan fingerprint density at radius 3 is 2.35 bits per heavy atom. The second-order valence-corrected chi connectivity index (χ2v) is 5.37. The zero-order valence-electron chi connectivity index (χ0n) is 8.53. The van der Waals surface area contributed by atoms with Crippen molar-refractivity contribution in [2.75, 3.05) is 18.1 Å². The maximum Gasteiger partial charge on any atom is 0.417 e. The SMILES string of the molecule is Nc1ccc(S(=O)(=O)CCO)c(C(F)(F)F)c1. The van der Waals surface area contributed by atoms with E-state index < -0.39 is 38.8 Å². The van der Waals surface area contributed by atoms with E-state index in [1.807, 2.05) is 0 Å². The number of nitrogen functional groups attached to an aromatic ring is 1. The molecule has 1 rings (SSSR count). The van der Waals surface area contributed by atoms with Crippen molar-refractivity contribution in [3.05, 3.63) is 23.8 Å². The molecule has 0 fully saturated rings. The van der Waals surface area contributed by atoms with Gasteiger partial charge in [-0.05, 0) is 18.2 Å². The summed E-state index contributed by atoms with van der Waals surface area (Å²) in [6.45, 7) is -0.746. The van der Waals surface area contributed by atoms with Crippen molar-refractivity contribution in [3.8, 4) is 0 Å². The third-order valence-corrected chi connectivity index (χ3v) is 3.75. The summed E-state index contributed by atoms with van der Waals surface area (Å²) in [7, 11) is -4.17. The van der Waals surface area contributed by atoms with E-state index in [0.717, 1.165) is 12.1 Å². The van der Waals surface area contributed by atoms with Crippen molar-refractivity contribution in [1.29, 1.82) is 0 Å². The molecule has 0 aliphatic rings. The van der Waals surface area contributed by atoms with Crippen molar-refractivity contribution in [1.82, 2.24) is 0 Å². The van der Waals surface area contributed by atoms with E-state index in [2.05, 4.69) is 0 Å². The van der Waals surface area contributed by atoms with E-state index in [1.165, 1.54) is 0 Å². The number of halogens is 3. The third-order valence-electron chi connectivity index (χ3n) is 2.00. The Bertz CT molecular complexity index is 511. The third kappa shape index (κ3) is 3.10. The van der Waals surface area contributed by atoms with Crippen molar-refractivity contribution in [2.45, 2.75) is 11.1 Å². The van der Waals surface area contributed by atoms with Gasteiger partial charge in [0.05, 0.1) is 22.8 Å². The lowest BCUT2D eigenvalue weighted by molar-refractivity contribution is -0.139. The number of nitrogens with two attached hydrogens (primary N) is 1. The number of aliphatic hydroxyl groups is 1. The molecule has 0 aliphatic heterocycles. The van der Waals surface area contributed by atoms with Gasteiger partial charge in [-0.15, -0.1) is 0 Å². The Kier molecular flexibility index (Phi) is 3.68. The van der Waals surface area contributed by atoms with Crippen LogP contribution in [-0.2, 0) is 16.0 Å². The summed E-state index contributed by atoms with van der Waals surface area (Å²) < 4.78 is 60.9. The quantitative estimate of drug-likeness (QED) is 0.804. The van der Waals surface area contributed by atoms with Gasteiger partial charge in [-0.3, -0.25) is 0 Å². The first-order valence-electron chi connectivity index (χ1n) is 4.49. The van der Waals surface area contributed by atoms with Gasteiger partial charge in [0, 0.05) is 5.69 Å². The van der Waals surface area contributed by atoms with E-state index in [9.17, 15) is 21.6 Å². The summed E-state index contributed by atoms with van der Waals surface area (Å²) in [4.78, 5) is -0.867. The summed E-state index contributed by atoms with van der Waals surface area (Å²) in [6, 6.07) is 2.42. The van der Waals surface area contributed by atoms with Crippen LogP contribution < -0.4 is 5.73 Å². The van der Waals surface area contributed by atoms with Gasteiger partial charge in [0.1, 0.15) is 0 Å². The van der Waals surface area contributed by atoms with Gasteiger partial charge in [-0.2, -0.15) is 13.2 Å². The molecule has 4 nitrogen and oxygen atoms in total. The second-order valence-electron chi connectivity index (χ2n) is 3.30. The van der Waals surface area contributed by atoms with Gasteiger partial charge in [0.15, 0.2) is 9.84 Å². The second kappa shape index (κ2) is 4.53. The highest BCUT2D eigenvalue weighted by Gasteiger charge is 2.37. The number of aliphatic hydroxyl groups excluding tert-OH is 1. The number of rotatable bonds is 3. The topological polar surface area (TPSA) is 80.4 Å². The normalized spacial score (nSPS) is 12.7. The van der Waals surface area contributed by atoms with Gasteiger partial charge in [-0.25, -0.2) is 8.42 Å². The van der Waals surface area contributed by atoms with E-state index in [4.69, 9.17) is 10.8 Å². The van der Waals surface area contributed by atoms with Crippen molar-refractivity contribution in [3.63, 3.8) is 0 Å². The largest absolute Gasteiger partial charge is 0.417 e. The van der Waals surface area contributed by atoms with Crippen molar-refractivity contribution in [2.24, 2.45) is 0 Å². The molecule has 0 radical (unpaired) electrons. The Morgan fingerprint density at radius 1 is 1.29 bits per heavy atom. The molecule has 0 atom stereocenters. The van der Waals surface area contributed by atoms with E-state index >= 15 is 0 Å². The summed E-state index contributed by atoms with van der Waals surface area (Å²) in [5, 5.41) is 8.53. The first kappa shape index (κ1) is 13.8. The standard InChI is InChI=1S/C9H10F3NO3S/c10-9(11,12)7-5-6(13)1-2-8(7)17(15,16)4-3-14/h1-2,5,14H,3-4,13H2. The van der Waals surface area contributed by atoms with Gasteiger partial charge in [0.25, 0.3) is 0 Å². The lowest BCUT2D eigenvalue weighted by Gasteiger charge is -2.13. The highest BCUT2D eigenvalue weighted by atomic mass is 32.2. The highest BCUT2D eigenvalue weighted by molar-refractivity contribution is 7.91. The molecule has 3 N–H and O–H groups in total. The molecule has 0 unspecified atom stereocenters. The highest BCUT2D eigenvalue weighted by Crippen LogP contribution is 2.35. The zero-order valence-corrected chi connectivity index (χ0v) is 9.35. The van der Waals surface area contributed by atoms with Crippen LogP contribution in [0.1, 0.15) is 5.56 Å². The minimum atomic E-state index is -4.81. The van der Waals surface area contributed by atoms with E-state index in [0.29, 0.717) is 6.07 Å². The smallest absolute Gasteiger partial charge is 0.399 e. The van der Waals surface area contributed by atoms with Crippen LogP contribution in [0.15, 0.2) is 23.1 Å². The molecule has 0 aliphatic carbocycles. The first-order valence-corrected chi connectivity index (χ1v) is 6.14. The van der Waals surface area contributed by atoms with E-state index in [-0.39, 0.29) is 5.69 Å². The number of benzene rings is 1. The summed E-state index contributed by atoms with van der Waals surface area (Å²) in [5.41, 5.74) is 3.70. The molecule has 0 aromatic heterocycles. The Labute approximate surface area is 95.8 Å². The van der Waals surface area contributed by atoms with Crippen LogP contribution in [0.4, 0.5) is 18.9 Å². The number of alkyl halides is 3. The number of hydrogen-bond donors (Lipinski definition) is 2. The molecule has 0 amide bonds. The van der Waals surface area contributed by atoms with Gasteiger partial charge >= 0.3 is 6.18 Å². The number of anilines is 1. The number of sulfone groups is 1. The first-order chi connectivity index (χ1) is 7.68. The Morgan fingerprint density at radius 2 is 1.88 bits per heavy atom. The fraction of sp³-hybridized carbons (Fsp3) is 0.333. The molecule has 0 spiro atoms. The molecule has 0 saturated carbocycles. The molecule has 0 bridgehead atoms. The average Bonchev–Trinajstić information content (AvgIpc) is 2.15. The predicted octanol–water partition coefficient (Wildman–Crippen LogP) is 1.05. The molecule has 8 heteroatoms. The Hall–Kier alpha value is -1.28. The van der Waals surface area contributed by atoms with E-state index in [1.54, 1.807) is 0 Å². The molecule has 96 valence electrons. The maximum atomic E-state index is 12.6. The predicted molar refractivity (Wildman–Crippen MR) is 55.0 cm³/mol. The summed E-state index contributed by atoms with van der Waals surface area (Å²) in [5.74, 6) is -0.764. The van der Waals surface area contributed by atoms with Crippen molar-refractivity contribution >= 4 is 15.5 Å². The lowest BCUT2D eigenvalue weighted by Crippen LogP contribution is -2.17. The molecule has 17 heavy (non-hydrogen) atoms. The van der Waals surface area contributed by atoms with Gasteiger partial charge in [0.2, 0.25) is 0 Å². The van der Waals surface area contributed by atoms with Crippen LogP contribution in [0.3, 0.4) is 0 Å². The van der Waals surface area contributed by atoms with Gasteiger partial charge < -0.3 is 10.8 Å². The average molecular weight is 269 g/mol. The molecule has 0 heterocycles. The molecule has 1 aromatic carbocycles. The fourth-order valence-electron chi connectivity index (χ4n) is 1.27. The van der Waals surface area contributed by atoms with Crippen molar-refractivity contribution < 1.29 is 26.7 Å². The summed E-state index contributed by atoms with van der Waals surface area (Å²) in [6.07, 6.45) is -4.81. The van der Waals surface area contributed by atoms with Crippen LogP contribution in [-0.4, -0.2) is 25.9 Å². The Balaban J connectivity index is 3.45. The molecule has 0 saturated heterocycles. The minimum Gasteiger partial charge on any atom is -0.399 e. The molecular formula is C9H10F3NO3S. The monoisotopic (exact) mass is 269 g/mol. The maximum absolute atomic E-state index is 12.6. The zero-order chi connectivity index (χ0) is 13.3. The molecular weight excluding hydrogens is 259 g/mol.